The van der Waals surface area contributed by atoms with Crippen LogP contribution in [0.25, 0.3) is 291 Å². The van der Waals surface area contributed by atoms with Crippen molar-refractivity contribution < 1.29 is 9.47 Å². The number of rotatable bonds is 3. The van der Waals surface area contributed by atoms with Gasteiger partial charge < -0.3 is 9.47 Å². The van der Waals surface area contributed by atoms with E-state index >= 15 is 0 Å². The lowest BCUT2D eigenvalue weighted by atomic mass is 9.60. The Hall–Kier alpha value is -8.27. The second-order valence-corrected chi connectivity index (χ2v) is 24.8. The Balaban J connectivity index is 1.19. The van der Waals surface area contributed by atoms with Gasteiger partial charge in [0.15, 0.2) is 5.54 Å². The summed E-state index contributed by atoms with van der Waals surface area (Å²) >= 11 is 0. The Kier molecular flexibility index (Phi) is 2.07. The van der Waals surface area contributed by atoms with E-state index in [0.29, 0.717) is 12.7 Å². The molecule has 0 fully saturated rings. The molecule has 28 aromatic rings. The minimum Gasteiger partial charge on any atom is -0.451 e. The molecular weight excluding hydrogens is 827 g/mol. The molecule has 3 nitrogen and oxygen atoms in total. The van der Waals surface area contributed by atoms with Gasteiger partial charge in [0, 0.05) is 22.3 Å². The molecule has 0 atom stereocenters. The minimum atomic E-state index is -0.861. The van der Waals surface area contributed by atoms with Crippen molar-refractivity contribution in [1.82, 2.24) is 0 Å². The third kappa shape index (κ3) is 1.29. The van der Waals surface area contributed by atoms with Gasteiger partial charge in [0.1, 0.15) is 0 Å². The molecule has 28 aromatic carbocycles. The summed E-state index contributed by atoms with van der Waals surface area (Å²) in [5.41, 5.74) is 4.25. The summed E-state index contributed by atoms with van der Waals surface area (Å²) < 4.78 is 15.2. The molecule has 0 bridgehead atoms. The normalized spacial score (nSPS) is 22.7. The predicted molar refractivity (Wildman–Crippen MR) is 283 cm³/mol. The maximum absolute atomic E-state index is 8.22. The highest BCUT2D eigenvalue weighted by Crippen LogP contribution is 2.85. The first-order valence-electron chi connectivity index (χ1n) is 25.6. The lowest BCUT2D eigenvalue weighted by Crippen LogP contribution is -2.49. The zero-order valence-corrected chi connectivity index (χ0v) is 34.9. The highest BCUT2D eigenvalue weighted by molar-refractivity contribution is 6.82. The summed E-state index contributed by atoms with van der Waals surface area (Å²) in [6.45, 7) is 2.90. The van der Waals surface area contributed by atoms with Gasteiger partial charge in [0.25, 0.3) is 0 Å². The molecule has 0 N–H and O–H groups in total. The van der Waals surface area contributed by atoms with Gasteiger partial charge in [-0.3, -0.25) is 0 Å². The lowest BCUT2D eigenvalue weighted by molar-refractivity contribution is 0.0379. The second-order valence-electron chi connectivity index (χ2n) is 24.8. The van der Waals surface area contributed by atoms with Crippen molar-refractivity contribution in [3.63, 3.8) is 0 Å². The fourth-order valence-corrected chi connectivity index (χ4v) is 24.2. The van der Waals surface area contributed by atoms with E-state index in [9.17, 15) is 0 Å². The van der Waals surface area contributed by atoms with E-state index in [1.54, 1.807) is 248 Å². The molecule has 1 heterocycles. The van der Waals surface area contributed by atoms with Crippen LogP contribution in [0.2, 0.25) is 0 Å². The van der Waals surface area contributed by atoms with Crippen molar-refractivity contribution in [2.45, 2.75) is 30.9 Å². The van der Waals surface area contributed by atoms with Crippen LogP contribution in [0.1, 0.15) is 42.0 Å². The quantitative estimate of drug-likeness (QED) is 0.131. The van der Waals surface area contributed by atoms with Crippen molar-refractivity contribution in [2.75, 3.05) is 6.61 Å². The van der Waals surface area contributed by atoms with E-state index in [1.807, 2.05) is 0 Å². The molecule has 1 aliphatic heterocycles. The molecule has 33 rings (SSSR count). The molecule has 2 spiro atoms. The second kappa shape index (κ2) is 5.61. The maximum atomic E-state index is 8.22. The molecule has 0 aromatic heterocycles. The lowest BCUT2D eigenvalue weighted by Gasteiger charge is -2.46. The molecule has 0 saturated heterocycles. The van der Waals surface area contributed by atoms with Crippen molar-refractivity contribution >= 4 is 297 Å². The fraction of sp³-hybridized carbons (Fsp3) is 0.0923. The van der Waals surface area contributed by atoms with Crippen LogP contribution in [0, 0.1) is 0 Å². The summed E-state index contributed by atoms with van der Waals surface area (Å²) in [5.74, 6) is 0. The average Bonchev–Trinajstić information content (AvgIpc) is 4.26. The number of nitrogens with zero attached hydrogens (tertiary/aromatic N) is 1. The number of benzene rings is 18. The number of unbranched alkanes of at least 4 members (excludes halogenated alkanes) is 1. The van der Waals surface area contributed by atoms with Crippen molar-refractivity contribution in [2.24, 2.45) is 4.99 Å². The smallest absolute Gasteiger partial charge is 0.386 e. The third-order valence-corrected chi connectivity index (χ3v) is 24.4. The molecule has 4 aliphatic carbocycles. The van der Waals surface area contributed by atoms with Crippen LogP contribution in [0.15, 0.2) is 4.99 Å². The molecule has 68 heavy (non-hydrogen) atoms. The van der Waals surface area contributed by atoms with Gasteiger partial charge >= 0.3 is 6.08 Å². The van der Waals surface area contributed by atoms with Crippen LogP contribution >= 0.6 is 0 Å². The molecule has 0 saturated carbocycles. The SMILES string of the molecule is CCCCOC1=NC23c4c5c6c7c8c9c(c%10c%11c2c2c4c4c%12c5c5c6c6c8c8c%13c9c9c%10c%10c%11c%11c2c2c4c4c%12c%12c5c5c6c8c6c8c%13c9c9c%10c%10c%11c2c2c4c4c%12c5c6c5c8c9c%10c2c45)C73O1. The third-order valence-electron chi connectivity index (χ3n) is 24.4. The molecule has 0 amide bonds. The van der Waals surface area contributed by atoms with Crippen molar-refractivity contribution in [1.29, 1.82) is 0 Å². The first kappa shape index (κ1) is 25.0. The van der Waals surface area contributed by atoms with E-state index in [0.717, 1.165) is 12.8 Å². The van der Waals surface area contributed by atoms with Gasteiger partial charge in [-0.2, -0.15) is 4.99 Å². The molecule has 0 radical (unpaired) electrons. The number of hydrogen-bond donors (Lipinski definition) is 0. The first-order chi connectivity index (χ1) is 33.9. The van der Waals surface area contributed by atoms with Gasteiger partial charge in [-0.15, -0.1) is 0 Å². The summed E-state index contributed by atoms with van der Waals surface area (Å²) in [4.78, 5) is 6.33. The first-order valence-corrected chi connectivity index (χ1v) is 25.6. The van der Waals surface area contributed by atoms with Crippen LogP contribution in [-0.4, -0.2) is 12.7 Å². The average molecular weight is 836 g/mol. The van der Waals surface area contributed by atoms with E-state index < -0.39 is 11.1 Å². The maximum Gasteiger partial charge on any atom is 0.386 e. The van der Waals surface area contributed by atoms with Gasteiger partial charge in [0.05, 0.1) is 6.61 Å². The number of aliphatic imine (C=N–C) groups is 1. The minimum absolute atomic E-state index is 0.536. The van der Waals surface area contributed by atoms with Crippen LogP contribution in [0.5, 0.6) is 0 Å². The van der Waals surface area contributed by atoms with Gasteiger partial charge in [-0.1, -0.05) is 13.3 Å². The Morgan fingerprint density at radius 1 is 0.279 bits per heavy atom. The van der Waals surface area contributed by atoms with Crippen LogP contribution in [0.4, 0.5) is 0 Å². The fourth-order valence-electron chi connectivity index (χ4n) is 24.2. The summed E-state index contributed by atoms with van der Waals surface area (Å²) in [5, 5.41) is 86.0. The van der Waals surface area contributed by atoms with Gasteiger partial charge in [0.2, 0.25) is 5.60 Å². The number of ether oxygens (including phenoxy) is 2. The van der Waals surface area contributed by atoms with Crippen molar-refractivity contribution in [3.05, 3.63) is 22.3 Å². The molecule has 5 aliphatic rings. The van der Waals surface area contributed by atoms with E-state index in [1.165, 1.54) is 65.3 Å². The summed E-state index contributed by atoms with van der Waals surface area (Å²) in [6.07, 6.45) is 2.60. The summed E-state index contributed by atoms with van der Waals surface area (Å²) in [6, 6.07) is 0. The van der Waals surface area contributed by atoms with Crippen molar-refractivity contribution in [3.8, 4) is 0 Å². The van der Waals surface area contributed by atoms with E-state index in [4.69, 9.17) is 14.5 Å². The molecular formula is C65H9NO2. The molecule has 3 heteroatoms. The van der Waals surface area contributed by atoms with Gasteiger partial charge in [-0.05, 0) is 297 Å². The van der Waals surface area contributed by atoms with Gasteiger partial charge in [-0.25, -0.2) is 0 Å². The topological polar surface area (TPSA) is 30.8 Å². The monoisotopic (exact) mass is 835 g/mol. The Labute approximate surface area is 369 Å². The zero-order valence-electron chi connectivity index (χ0n) is 34.9. The van der Waals surface area contributed by atoms with E-state index in [-0.39, 0.29) is 0 Å². The van der Waals surface area contributed by atoms with E-state index in [2.05, 4.69) is 6.92 Å². The van der Waals surface area contributed by atoms with Crippen LogP contribution in [0.3, 0.4) is 0 Å². The Morgan fingerprint density at radius 3 is 0.676 bits per heavy atom. The highest BCUT2D eigenvalue weighted by Gasteiger charge is 2.75. The highest BCUT2D eigenvalue weighted by atomic mass is 16.7. The largest absolute Gasteiger partial charge is 0.451 e. The van der Waals surface area contributed by atoms with Crippen LogP contribution < -0.4 is 0 Å². The zero-order chi connectivity index (χ0) is 40.3. The number of hydrogen-bond acceptors (Lipinski definition) is 3. The standard InChI is InChI=1S/C65H9NO2/c1-2-3-4-67-63-66-64-59-51-43-33-23-15-7-5-6-9-13-11(7)19-27-21(13)31-25-17(9)18-10(6)14-12-8(5)16(15)24-30-20(12)28-22(14)32-26(18)36-35(25)47-41(31)49-39(27)45(37(43)29(19)23)53(59)55(49)61-57(47)58-48(36)42(32)50-40(28)46-38(30)44(34(24)33)52(51)60(64)54(46)56(50)62(58)65(61,64)68-63/h2-4H2,1H3. The molecule has 286 valence electrons. The molecule has 0 unspecified atom stereocenters. The Morgan fingerprint density at radius 2 is 0.471 bits per heavy atom. The van der Waals surface area contributed by atoms with Crippen LogP contribution in [-0.2, 0) is 20.6 Å². The summed E-state index contributed by atoms with van der Waals surface area (Å²) in [7, 11) is 0. The Bertz CT molecular complexity index is 6940. The predicted octanol–water partition coefficient (Wildman–Crippen LogP) is 17.4.